The van der Waals surface area contributed by atoms with E-state index >= 15 is 0 Å². The van der Waals surface area contributed by atoms with Crippen molar-refractivity contribution in [3.8, 4) is 5.75 Å². The molecule has 0 fully saturated rings. The fourth-order valence-electron chi connectivity index (χ4n) is 2.23. The van der Waals surface area contributed by atoms with Crippen molar-refractivity contribution < 1.29 is 13.9 Å². The molecule has 1 N–H and O–H groups in total. The van der Waals surface area contributed by atoms with Gasteiger partial charge in [-0.3, -0.25) is 4.79 Å². The number of hydrogen-bond donors (Lipinski definition) is 1. The van der Waals surface area contributed by atoms with E-state index in [2.05, 4.69) is 10.3 Å². The number of carbonyl (C=O) groups excluding carboxylic acids is 1. The molecule has 0 bridgehead atoms. The summed E-state index contributed by atoms with van der Waals surface area (Å²) in [6.07, 6.45) is 0.549. The Labute approximate surface area is 131 Å². The zero-order chi connectivity index (χ0) is 15.5. The van der Waals surface area contributed by atoms with E-state index in [0.29, 0.717) is 29.5 Å². The Morgan fingerprint density at radius 2 is 2.27 bits per heavy atom. The smallest absolute Gasteiger partial charge is 0.265 e. The predicted octanol–water partition coefficient (Wildman–Crippen LogP) is 3.18. The Morgan fingerprint density at radius 3 is 3.05 bits per heavy atom. The van der Waals surface area contributed by atoms with Gasteiger partial charge in [0.05, 0.1) is 7.11 Å². The van der Waals surface area contributed by atoms with Gasteiger partial charge in [-0.1, -0.05) is 12.1 Å². The lowest BCUT2D eigenvalue weighted by Crippen LogP contribution is -2.25. The third kappa shape index (κ3) is 2.82. The molecule has 3 aromatic rings. The molecule has 2 heterocycles. The van der Waals surface area contributed by atoms with Crippen LogP contribution in [0.25, 0.3) is 11.1 Å². The molecular weight excluding hydrogens is 300 g/mol. The van der Waals surface area contributed by atoms with Crippen LogP contribution in [0.15, 0.2) is 34.1 Å². The highest BCUT2D eigenvalue weighted by molar-refractivity contribution is 7.12. The first kappa shape index (κ1) is 14.6. The number of fused-ring (bicyclic) bond motifs is 1. The number of para-hydroxylation sites is 1. The number of rotatable bonds is 5. The van der Waals surface area contributed by atoms with Crippen molar-refractivity contribution in [1.29, 1.82) is 0 Å². The van der Waals surface area contributed by atoms with Crippen LogP contribution in [0, 0.1) is 6.92 Å². The van der Waals surface area contributed by atoms with Crippen LogP contribution in [-0.2, 0) is 6.42 Å². The van der Waals surface area contributed by atoms with E-state index in [1.165, 1.54) is 11.3 Å². The first-order chi connectivity index (χ1) is 10.7. The summed E-state index contributed by atoms with van der Waals surface area (Å²) >= 11 is 1.36. The third-order valence-corrected chi connectivity index (χ3v) is 4.24. The number of nitrogens with zero attached hydrogens (tertiary/aromatic N) is 1. The SMILES string of the molecule is COc1ccsc1C(=O)NCCc1nc2c(C)cccc2o1. The molecule has 0 unspecified atom stereocenters. The lowest BCUT2D eigenvalue weighted by molar-refractivity contribution is 0.0955. The third-order valence-electron chi connectivity index (χ3n) is 3.34. The first-order valence-corrected chi connectivity index (χ1v) is 7.81. The van der Waals surface area contributed by atoms with Gasteiger partial charge in [0.2, 0.25) is 0 Å². The molecule has 0 spiro atoms. The average Bonchev–Trinajstić information content (AvgIpc) is 3.13. The van der Waals surface area contributed by atoms with Crippen LogP contribution in [0.4, 0.5) is 0 Å². The molecule has 22 heavy (non-hydrogen) atoms. The molecule has 0 aliphatic heterocycles. The maximum absolute atomic E-state index is 12.1. The predicted molar refractivity (Wildman–Crippen MR) is 85.7 cm³/mol. The Bertz CT molecular complexity index is 807. The van der Waals surface area contributed by atoms with Gasteiger partial charge in [0.25, 0.3) is 5.91 Å². The standard InChI is InChI=1S/C16H16N2O3S/c1-10-4-3-5-11-14(10)18-13(21-11)6-8-17-16(19)15-12(20-2)7-9-22-15/h3-5,7,9H,6,8H2,1-2H3,(H,17,19). The van der Waals surface area contributed by atoms with Crippen molar-refractivity contribution in [3.05, 3.63) is 46.0 Å². The molecule has 1 amide bonds. The minimum Gasteiger partial charge on any atom is -0.495 e. The number of amides is 1. The van der Waals surface area contributed by atoms with Crippen molar-refractivity contribution in [2.45, 2.75) is 13.3 Å². The minimum absolute atomic E-state index is 0.140. The summed E-state index contributed by atoms with van der Waals surface area (Å²) in [7, 11) is 1.56. The van der Waals surface area contributed by atoms with Gasteiger partial charge in [-0.05, 0) is 30.0 Å². The molecule has 0 atom stereocenters. The molecule has 0 aliphatic rings. The van der Waals surface area contributed by atoms with Gasteiger partial charge in [0, 0.05) is 13.0 Å². The second kappa shape index (κ2) is 6.19. The highest BCUT2D eigenvalue weighted by Crippen LogP contribution is 2.24. The monoisotopic (exact) mass is 316 g/mol. The largest absolute Gasteiger partial charge is 0.495 e. The first-order valence-electron chi connectivity index (χ1n) is 6.93. The van der Waals surface area contributed by atoms with E-state index in [1.807, 2.05) is 30.5 Å². The quantitative estimate of drug-likeness (QED) is 0.785. The van der Waals surface area contributed by atoms with Gasteiger partial charge in [-0.2, -0.15) is 0 Å². The summed E-state index contributed by atoms with van der Waals surface area (Å²) in [5.41, 5.74) is 2.74. The number of methoxy groups -OCH3 is 1. The molecule has 0 aliphatic carbocycles. The van der Waals surface area contributed by atoms with Crippen LogP contribution in [0.1, 0.15) is 21.1 Å². The molecule has 6 heteroatoms. The molecule has 2 aromatic heterocycles. The summed E-state index contributed by atoms with van der Waals surface area (Å²) in [6, 6.07) is 7.62. The Hall–Kier alpha value is -2.34. The van der Waals surface area contributed by atoms with Crippen molar-refractivity contribution >= 4 is 28.3 Å². The summed E-state index contributed by atoms with van der Waals surface area (Å²) in [5.74, 6) is 1.09. The van der Waals surface area contributed by atoms with Crippen molar-refractivity contribution in [3.63, 3.8) is 0 Å². The van der Waals surface area contributed by atoms with Crippen LogP contribution >= 0.6 is 11.3 Å². The maximum atomic E-state index is 12.1. The molecule has 0 saturated carbocycles. The molecule has 1 aromatic carbocycles. The molecular formula is C16H16N2O3S. The van der Waals surface area contributed by atoms with E-state index in [-0.39, 0.29) is 5.91 Å². The zero-order valence-corrected chi connectivity index (χ0v) is 13.2. The Morgan fingerprint density at radius 1 is 1.41 bits per heavy atom. The van der Waals surface area contributed by atoms with E-state index in [4.69, 9.17) is 9.15 Å². The van der Waals surface area contributed by atoms with Crippen molar-refractivity contribution in [1.82, 2.24) is 10.3 Å². The normalized spacial score (nSPS) is 10.8. The topological polar surface area (TPSA) is 64.4 Å². The van der Waals surface area contributed by atoms with Crippen molar-refractivity contribution in [2.24, 2.45) is 0 Å². The van der Waals surface area contributed by atoms with E-state index < -0.39 is 0 Å². The molecule has 0 radical (unpaired) electrons. The summed E-state index contributed by atoms with van der Waals surface area (Å²) < 4.78 is 10.8. The highest BCUT2D eigenvalue weighted by Gasteiger charge is 2.14. The Kier molecular flexibility index (Phi) is 4.11. The molecule has 3 rings (SSSR count). The number of nitrogens with one attached hydrogen (secondary N) is 1. The number of hydrogen-bond acceptors (Lipinski definition) is 5. The van der Waals surface area contributed by atoms with E-state index in [0.717, 1.165) is 16.7 Å². The number of aryl methyl sites for hydroxylation is 1. The van der Waals surface area contributed by atoms with Gasteiger partial charge >= 0.3 is 0 Å². The van der Waals surface area contributed by atoms with Gasteiger partial charge < -0.3 is 14.5 Å². The number of thiophene rings is 1. The number of oxazole rings is 1. The van der Waals surface area contributed by atoms with Crippen LogP contribution in [0.5, 0.6) is 5.75 Å². The second-order valence-electron chi connectivity index (χ2n) is 4.85. The van der Waals surface area contributed by atoms with E-state index in [1.54, 1.807) is 13.2 Å². The zero-order valence-electron chi connectivity index (χ0n) is 12.4. The lowest BCUT2D eigenvalue weighted by Gasteiger charge is -2.03. The van der Waals surface area contributed by atoms with Gasteiger partial charge in [0.15, 0.2) is 11.5 Å². The molecule has 0 saturated heterocycles. The highest BCUT2D eigenvalue weighted by atomic mass is 32.1. The Balaban J connectivity index is 1.62. The number of carbonyl (C=O) groups is 1. The second-order valence-corrected chi connectivity index (χ2v) is 5.77. The van der Waals surface area contributed by atoms with Gasteiger partial charge in [-0.15, -0.1) is 11.3 Å². The number of ether oxygens (including phenoxy) is 1. The summed E-state index contributed by atoms with van der Waals surface area (Å²) in [4.78, 5) is 17.1. The van der Waals surface area contributed by atoms with Gasteiger partial charge in [0.1, 0.15) is 16.1 Å². The average molecular weight is 316 g/mol. The number of aromatic nitrogens is 1. The van der Waals surface area contributed by atoms with Crippen LogP contribution in [0.2, 0.25) is 0 Å². The number of benzene rings is 1. The van der Waals surface area contributed by atoms with Gasteiger partial charge in [-0.25, -0.2) is 4.98 Å². The van der Waals surface area contributed by atoms with Crippen LogP contribution in [-0.4, -0.2) is 24.5 Å². The molecule has 5 nitrogen and oxygen atoms in total. The minimum atomic E-state index is -0.140. The lowest BCUT2D eigenvalue weighted by atomic mass is 10.2. The fraction of sp³-hybridized carbons (Fsp3) is 0.250. The van der Waals surface area contributed by atoms with Crippen LogP contribution in [0.3, 0.4) is 0 Å². The van der Waals surface area contributed by atoms with Crippen molar-refractivity contribution in [2.75, 3.05) is 13.7 Å². The fourth-order valence-corrected chi connectivity index (χ4v) is 3.00. The molecule has 114 valence electrons. The van der Waals surface area contributed by atoms with E-state index in [9.17, 15) is 4.79 Å². The summed E-state index contributed by atoms with van der Waals surface area (Å²) in [6.45, 7) is 2.46. The summed E-state index contributed by atoms with van der Waals surface area (Å²) in [5, 5.41) is 4.69. The van der Waals surface area contributed by atoms with Crippen LogP contribution < -0.4 is 10.1 Å². The maximum Gasteiger partial charge on any atom is 0.265 e.